The summed E-state index contributed by atoms with van der Waals surface area (Å²) in [4.78, 5) is 0.460. The number of hydrogen-bond donors (Lipinski definition) is 0. The maximum atomic E-state index is 13.2. The zero-order valence-electron chi connectivity index (χ0n) is 7.58. The highest BCUT2D eigenvalue weighted by Crippen LogP contribution is 2.21. The Morgan fingerprint density at radius 2 is 1.77 bits per heavy atom. The average Bonchev–Trinajstić information content (AvgIpc) is 2.03. The molecule has 0 aliphatic carbocycles. The quantitative estimate of drug-likeness (QED) is 0.651. The number of rotatable bonds is 2. The molecule has 0 aliphatic heterocycles. The van der Waals surface area contributed by atoms with E-state index >= 15 is 0 Å². The zero-order chi connectivity index (χ0) is 10.1. The van der Waals surface area contributed by atoms with Gasteiger partial charge >= 0.3 is 0 Å². The molecular formula is C9H10BFOS. The van der Waals surface area contributed by atoms with Crippen molar-refractivity contribution < 1.29 is 8.60 Å². The SMILES string of the molecule is [B]c1ccc(S(=O)C(C)(C)F)cc1. The summed E-state index contributed by atoms with van der Waals surface area (Å²) in [6, 6.07) is 6.37. The van der Waals surface area contributed by atoms with Crippen LogP contribution in [0, 0.1) is 0 Å². The van der Waals surface area contributed by atoms with Crippen LogP contribution in [0.3, 0.4) is 0 Å². The molecule has 0 aromatic heterocycles. The van der Waals surface area contributed by atoms with Crippen LogP contribution in [0.25, 0.3) is 0 Å². The first-order valence-electron chi connectivity index (χ1n) is 3.87. The predicted octanol–water partition coefficient (Wildman–Crippen LogP) is 1.29. The van der Waals surface area contributed by atoms with Crippen molar-refractivity contribution in [2.45, 2.75) is 23.7 Å². The van der Waals surface area contributed by atoms with E-state index in [1.165, 1.54) is 13.8 Å². The first-order valence-corrected chi connectivity index (χ1v) is 5.02. The van der Waals surface area contributed by atoms with Gasteiger partial charge in [0, 0.05) is 4.90 Å². The zero-order valence-corrected chi connectivity index (χ0v) is 8.40. The molecule has 13 heavy (non-hydrogen) atoms. The first kappa shape index (κ1) is 10.4. The fourth-order valence-corrected chi connectivity index (χ4v) is 1.82. The summed E-state index contributed by atoms with van der Waals surface area (Å²) >= 11 is 0. The van der Waals surface area contributed by atoms with E-state index in [2.05, 4.69) is 0 Å². The minimum absolute atomic E-state index is 0.460. The van der Waals surface area contributed by atoms with Crippen LogP contribution in [0.1, 0.15) is 13.8 Å². The van der Waals surface area contributed by atoms with E-state index in [4.69, 9.17) is 7.85 Å². The average molecular weight is 196 g/mol. The third-order valence-electron chi connectivity index (χ3n) is 1.54. The minimum atomic E-state index is -1.71. The molecule has 0 amide bonds. The molecule has 1 atom stereocenters. The van der Waals surface area contributed by atoms with Crippen LogP contribution in [0.15, 0.2) is 29.2 Å². The molecule has 0 bridgehead atoms. The highest BCUT2D eigenvalue weighted by molar-refractivity contribution is 7.86. The highest BCUT2D eigenvalue weighted by atomic mass is 32.2. The number of hydrogen-bond acceptors (Lipinski definition) is 1. The molecule has 0 spiro atoms. The minimum Gasteiger partial charge on any atom is -0.251 e. The summed E-state index contributed by atoms with van der Waals surface area (Å²) in [5.74, 6) is 0. The molecule has 0 saturated heterocycles. The monoisotopic (exact) mass is 196 g/mol. The Morgan fingerprint density at radius 1 is 1.31 bits per heavy atom. The van der Waals surface area contributed by atoms with Crippen molar-refractivity contribution in [1.29, 1.82) is 0 Å². The van der Waals surface area contributed by atoms with Crippen molar-refractivity contribution in [3.8, 4) is 0 Å². The molecule has 4 heteroatoms. The lowest BCUT2D eigenvalue weighted by Crippen LogP contribution is -2.20. The van der Waals surface area contributed by atoms with Crippen LogP contribution in [-0.2, 0) is 10.8 Å². The van der Waals surface area contributed by atoms with Gasteiger partial charge in [-0.25, -0.2) is 4.39 Å². The molecule has 0 N–H and O–H groups in total. The van der Waals surface area contributed by atoms with Crippen LogP contribution in [-0.4, -0.2) is 17.1 Å². The second-order valence-corrected chi connectivity index (χ2v) is 5.18. The molecule has 0 fully saturated rings. The Hall–Kier alpha value is -0.635. The van der Waals surface area contributed by atoms with E-state index in [0.717, 1.165) is 0 Å². The third kappa shape index (κ3) is 2.66. The van der Waals surface area contributed by atoms with Gasteiger partial charge in [0.2, 0.25) is 0 Å². The van der Waals surface area contributed by atoms with Crippen LogP contribution in [0.5, 0.6) is 0 Å². The summed E-state index contributed by atoms with van der Waals surface area (Å²) in [6.07, 6.45) is 0. The smallest absolute Gasteiger partial charge is 0.183 e. The highest BCUT2D eigenvalue weighted by Gasteiger charge is 2.25. The van der Waals surface area contributed by atoms with E-state index in [1.807, 2.05) is 0 Å². The van der Waals surface area contributed by atoms with Gasteiger partial charge in [-0.1, -0.05) is 17.6 Å². The molecule has 0 saturated carbocycles. The van der Waals surface area contributed by atoms with E-state index < -0.39 is 15.8 Å². The summed E-state index contributed by atoms with van der Waals surface area (Å²) in [5, 5.41) is -1.71. The largest absolute Gasteiger partial charge is 0.251 e. The molecule has 2 radical (unpaired) electrons. The van der Waals surface area contributed by atoms with Crippen molar-refractivity contribution in [3.05, 3.63) is 24.3 Å². The van der Waals surface area contributed by atoms with Crippen molar-refractivity contribution in [2.75, 3.05) is 0 Å². The van der Waals surface area contributed by atoms with E-state index in [1.54, 1.807) is 24.3 Å². The molecule has 1 unspecified atom stereocenters. The topological polar surface area (TPSA) is 17.1 Å². The molecule has 0 heterocycles. The number of alkyl halides is 1. The molecule has 1 nitrogen and oxygen atoms in total. The Kier molecular flexibility index (Phi) is 2.91. The van der Waals surface area contributed by atoms with Gasteiger partial charge in [0.15, 0.2) is 5.00 Å². The lowest BCUT2D eigenvalue weighted by Gasteiger charge is -2.13. The standard InChI is InChI=1S/C9H10BFOS/c1-9(2,11)13(12)8-5-3-7(10)4-6-8/h3-6H,1-2H3. The maximum absolute atomic E-state index is 13.2. The molecule has 68 valence electrons. The lowest BCUT2D eigenvalue weighted by atomic mass is 9.97. The van der Waals surface area contributed by atoms with Crippen LogP contribution < -0.4 is 5.46 Å². The molecule has 1 rings (SSSR count). The van der Waals surface area contributed by atoms with Gasteiger partial charge in [0.25, 0.3) is 0 Å². The molecular weight excluding hydrogens is 186 g/mol. The van der Waals surface area contributed by atoms with Crippen LogP contribution in [0.4, 0.5) is 4.39 Å². The van der Waals surface area contributed by atoms with Gasteiger partial charge in [-0.2, -0.15) is 0 Å². The van der Waals surface area contributed by atoms with Crippen molar-refractivity contribution in [1.82, 2.24) is 0 Å². The fraction of sp³-hybridized carbons (Fsp3) is 0.333. The fourth-order valence-electron chi connectivity index (χ4n) is 0.872. The summed E-state index contributed by atoms with van der Waals surface area (Å²) in [6.45, 7) is 2.58. The number of benzene rings is 1. The molecule has 1 aromatic rings. The predicted molar refractivity (Wildman–Crippen MR) is 53.4 cm³/mol. The Labute approximate surface area is 81.2 Å². The number of halogens is 1. The first-order chi connectivity index (χ1) is 5.91. The molecule has 0 aliphatic rings. The Morgan fingerprint density at radius 3 is 2.15 bits per heavy atom. The van der Waals surface area contributed by atoms with Crippen LogP contribution >= 0.6 is 0 Å². The Bertz CT molecular complexity index is 315. The van der Waals surface area contributed by atoms with E-state index in [-0.39, 0.29) is 0 Å². The third-order valence-corrected chi connectivity index (χ3v) is 3.12. The summed E-state index contributed by atoms with van der Waals surface area (Å²) in [5.41, 5.74) is 0.581. The van der Waals surface area contributed by atoms with Gasteiger partial charge in [-0.3, -0.25) is 4.21 Å². The molecule has 1 aromatic carbocycles. The van der Waals surface area contributed by atoms with Gasteiger partial charge in [-0.05, 0) is 26.0 Å². The Balaban J connectivity index is 2.97. The van der Waals surface area contributed by atoms with Crippen LogP contribution in [0.2, 0.25) is 0 Å². The summed E-state index contributed by atoms with van der Waals surface area (Å²) < 4.78 is 24.7. The van der Waals surface area contributed by atoms with Gasteiger partial charge in [0.05, 0.1) is 10.8 Å². The van der Waals surface area contributed by atoms with E-state index in [9.17, 15) is 8.60 Å². The lowest BCUT2D eigenvalue weighted by molar-refractivity contribution is 0.334. The summed E-state index contributed by atoms with van der Waals surface area (Å²) in [7, 11) is 3.81. The van der Waals surface area contributed by atoms with Crippen molar-refractivity contribution in [3.63, 3.8) is 0 Å². The van der Waals surface area contributed by atoms with Crippen molar-refractivity contribution >= 4 is 24.1 Å². The van der Waals surface area contributed by atoms with Gasteiger partial charge in [-0.15, -0.1) is 0 Å². The normalized spacial score (nSPS) is 14.1. The van der Waals surface area contributed by atoms with Gasteiger partial charge < -0.3 is 0 Å². The van der Waals surface area contributed by atoms with Crippen molar-refractivity contribution in [2.24, 2.45) is 0 Å². The van der Waals surface area contributed by atoms with Gasteiger partial charge in [0.1, 0.15) is 7.85 Å². The second kappa shape index (κ2) is 3.62. The maximum Gasteiger partial charge on any atom is 0.183 e. The second-order valence-electron chi connectivity index (χ2n) is 3.20. The van der Waals surface area contributed by atoms with E-state index in [0.29, 0.717) is 10.4 Å².